The van der Waals surface area contributed by atoms with Gasteiger partial charge in [-0.1, -0.05) is 121 Å². The molecule has 0 bridgehead atoms. The molecule has 0 unspecified atom stereocenters. The fraction of sp³-hybridized carbons (Fsp3) is 0.436. The van der Waals surface area contributed by atoms with Gasteiger partial charge < -0.3 is 68.3 Å². The highest BCUT2D eigenvalue weighted by Crippen LogP contribution is 2.49. The van der Waals surface area contributed by atoms with E-state index in [1.165, 1.54) is 5.56 Å². The Morgan fingerprint density at radius 3 is 1.25 bits per heavy atom. The van der Waals surface area contributed by atoms with Crippen LogP contribution >= 0.6 is 81.8 Å². The van der Waals surface area contributed by atoms with Crippen LogP contribution in [0.1, 0.15) is 92.0 Å². The van der Waals surface area contributed by atoms with Crippen molar-refractivity contribution >= 4 is 184 Å². The van der Waals surface area contributed by atoms with Gasteiger partial charge in [-0.15, -0.1) is 34.0 Å². The number of amides is 6. The maximum atomic E-state index is 14.3. The van der Waals surface area contributed by atoms with Gasteiger partial charge in [-0.25, -0.2) is 24.0 Å². The number of likely N-dealkylation sites (N-methyl/N-ethyl adjacent to an activating group) is 3. The second kappa shape index (κ2) is 33.1. The van der Waals surface area contributed by atoms with Crippen LogP contribution in [0.2, 0.25) is 0 Å². The monoisotopic (exact) mass is 1750 g/mol. The number of hydrogen-bond acceptors (Lipinski definition) is 15. The lowest BCUT2D eigenvalue weighted by Gasteiger charge is -2.31. The maximum absolute atomic E-state index is 14.3. The lowest BCUT2D eigenvalue weighted by atomic mass is 9.95. The summed E-state index contributed by atoms with van der Waals surface area (Å²) in [5, 5.41) is 12.5. The summed E-state index contributed by atoms with van der Waals surface area (Å²) in [6.07, 6.45) is -1.09. The average molecular weight is 1760 g/mol. The van der Waals surface area contributed by atoms with Crippen molar-refractivity contribution in [1.29, 1.82) is 0 Å². The highest BCUT2D eigenvalue weighted by Gasteiger charge is 2.40. The van der Waals surface area contributed by atoms with Crippen molar-refractivity contribution in [2.45, 2.75) is 76.9 Å². The Morgan fingerprint density at radius 1 is 0.429 bits per heavy atom. The van der Waals surface area contributed by atoms with Crippen LogP contribution in [0.4, 0.5) is 46.7 Å². The van der Waals surface area contributed by atoms with E-state index in [0.717, 1.165) is 134 Å². The van der Waals surface area contributed by atoms with Gasteiger partial charge in [-0.05, 0) is 126 Å². The number of aromatic amines is 1. The number of carbonyl (C=O) groups excluding carboxylic acids is 6. The molecule has 2 N–H and O–H groups in total. The summed E-state index contributed by atoms with van der Waals surface area (Å²) in [6.45, 7) is 22.4. The smallest absolute Gasteiger partial charge is 0.415 e. The van der Waals surface area contributed by atoms with Gasteiger partial charge >= 0.3 is 30.5 Å². The van der Waals surface area contributed by atoms with Crippen molar-refractivity contribution < 1.29 is 52.5 Å². The van der Waals surface area contributed by atoms with E-state index in [2.05, 4.69) is 85.9 Å². The molecular weight excluding hydrogens is 1670 g/mol. The number of piperazine rings is 3. The van der Waals surface area contributed by atoms with Crippen molar-refractivity contribution in [3.63, 3.8) is 0 Å². The molecule has 7 aliphatic heterocycles. The van der Waals surface area contributed by atoms with Crippen LogP contribution in [-0.4, -0.2) is 224 Å². The van der Waals surface area contributed by atoms with Crippen LogP contribution in [0.25, 0.3) is 43.2 Å². The summed E-state index contributed by atoms with van der Waals surface area (Å²) in [6, 6.07) is 35.4. The third kappa shape index (κ3) is 16.9. The minimum Gasteiger partial charge on any atom is -0.443 e. The first-order valence-electron chi connectivity index (χ1n) is 35.4. The number of rotatable bonds is 7. The van der Waals surface area contributed by atoms with Crippen LogP contribution in [0.3, 0.4) is 0 Å². The normalized spacial score (nSPS) is 18.7. The molecule has 8 aromatic rings. The van der Waals surface area contributed by atoms with Crippen LogP contribution < -0.4 is 34.2 Å². The predicted octanol–water partition coefficient (Wildman–Crippen LogP) is 16.0. The van der Waals surface area contributed by atoms with E-state index in [1.807, 2.05) is 159 Å². The number of nitrogens with one attached hydrogen (secondary N) is 2. The molecule has 0 aliphatic carbocycles. The van der Waals surface area contributed by atoms with E-state index >= 15 is 0 Å². The molecule has 22 nitrogen and oxygen atoms in total. The molecule has 3 saturated heterocycles. The highest BCUT2D eigenvalue weighted by molar-refractivity contribution is 9.09. The van der Waals surface area contributed by atoms with Crippen molar-refractivity contribution in [3.05, 3.63) is 137 Å². The summed E-state index contributed by atoms with van der Waals surface area (Å²) in [4.78, 5) is 99.3. The first kappa shape index (κ1) is 78.8. The first-order chi connectivity index (χ1) is 49.4. The molecule has 6 amide bonds. The minimum atomic E-state index is -0.600. The molecule has 8 heterocycles. The molecule has 0 spiro atoms. The first-order valence-corrected chi connectivity index (χ1v) is 38.8. The van der Waals surface area contributed by atoms with E-state index in [4.69, 9.17) is 23.7 Å². The third-order valence-corrected chi connectivity index (χ3v) is 22.5. The third-order valence-electron chi connectivity index (χ3n) is 20.2. The topological polar surface area (TPSA) is 206 Å². The number of anilines is 4. The zero-order chi connectivity index (χ0) is 72.8. The molecule has 560 valence electrons. The molecule has 7 aromatic carbocycles. The van der Waals surface area contributed by atoms with Crippen molar-refractivity contribution in [3.8, 4) is 17.2 Å². The van der Waals surface area contributed by atoms with Gasteiger partial charge in [0.2, 0.25) is 0 Å². The molecule has 105 heavy (non-hydrogen) atoms. The lowest BCUT2D eigenvalue weighted by Crippen LogP contribution is -2.48. The molecule has 7 aliphatic rings. The molecule has 1 aromatic heterocycles. The number of carbonyl (C=O) groups is 6. The minimum absolute atomic E-state index is 0. The number of ether oxygens (including phenoxy) is 5. The van der Waals surface area contributed by atoms with Crippen molar-refractivity contribution in [1.82, 2.24) is 34.4 Å². The second-order valence-corrected chi connectivity index (χ2v) is 31.5. The Kier molecular flexibility index (Phi) is 24.8. The molecule has 0 saturated carbocycles. The fourth-order valence-electron chi connectivity index (χ4n) is 14.8. The lowest BCUT2D eigenvalue weighted by molar-refractivity contribution is 0.0572. The van der Waals surface area contributed by atoms with Crippen LogP contribution in [-0.2, 0) is 15.9 Å². The summed E-state index contributed by atoms with van der Waals surface area (Å²) < 4.78 is 29.1. The summed E-state index contributed by atoms with van der Waals surface area (Å²) in [5.41, 5.74) is 7.94. The van der Waals surface area contributed by atoms with Gasteiger partial charge in [0.15, 0.2) is 0 Å². The predicted molar refractivity (Wildman–Crippen MR) is 437 cm³/mol. The van der Waals surface area contributed by atoms with E-state index in [-0.39, 0.29) is 76.1 Å². The number of halogens is 5. The van der Waals surface area contributed by atoms with Gasteiger partial charge in [0.05, 0.1) is 17.1 Å². The molecule has 3 fully saturated rings. The van der Waals surface area contributed by atoms with E-state index < -0.39 is 17.3 Å². The quantitative estimate of drug-likeness (QED) is 0.142. The zero-order valence-corrected chi connectivity index (χ0v) is 68.9. The number of benzene rings is 7. The largest absolute Gasteiger partial charge is 0.443 e. The van der Waals surface area contributed by atoms with Gasteiger partial charge in [0.1, 0.15) is 34.1 Å². The molecule has 15 rings (SSSR count). The number of H-pyrrole nitrogens is 1. The van der Waals surface area contributed by atoms with Crippen LogP contribution in [0, 0.1) is 0 Å². The Morgan fingerprint density at radius 2 is 0.819 bits per heavy atom. The Bertz CT molecular complexity index is 4580. The summed E-state index contributed by atoms with van der Waals surface area (Å²) in [5.74, 6) is 1.99. The Hall–Kier alpha value is -7.24. The van der Waals surface area contributed by atoms with E-state index in [9.17, 15) is 28.8 Å². The number of alkyl halides is 3. The molecule has 0 radical (unpaired) electrons. The molecule has 27 heteroatoms. The van der Waals surface area contributed by atoms with Gasteiger partial charge in [-0.3, -0.25) is 14.6 Å². The van der Waals surface area contributed by atoms with Crippen LogP contribution in [0.5, 0.6) is 17.2 Å². The molecular formula is C78H92Br5N11O11. The van der Waals surface area contributed by atoms with Gasteiger partial charge in [-0.2, -0.15) is 0 Å². The number of fused-ring (bicyclic) bond motifs is 12. The van der Waals surface area contributed by atoms with E-state index in [0.29, 0.717) is 105 Å². The standard InChI is InChI=1S/C35H38BrN5O5.C24H30BrN3O4.C19H22BrN3O2.2BrH/c1-35(2,3)46-34(44)40-12-11-22-25-17-27(37-26(25)9-10-28(22)40)32(42)41-20-21(19-36)31-24-8-6-5-7-23(24)30(18-29(31)41)45-33(43)39-15-13-38(4)14-16-39;1-24(2,3)32-23(30)28-15-16(14-25)21-18-8-6-5-7-17(18)20(13-19(21)28)31-22(29)27-11-9-26(4)10-12-27;1-22-6-8-23(9-7-22)19(24)25-17-10-16-18(13(11-20)12-21-16)15-5-3-2-4-14(15)17;;/h5-10,17-18,21,37H,11-16,19-20H2,1-4H3;5-8,13,16H,9-12,14-15H2,1-4H3;2-5,10,13,21H,6-9,11-12H2,1H3;2*1H/t21-;16-;13-;;/m111../s1. The molecule has 3 atom stereocenters. The number of hydrogen-bond donors (Lipinski definition) is 2. The Labute approximate surface area is 659 Å². The van der Waals surface area contributed by atoms with Crippen LogP contribution in [0.15, 0.2) is 109 Å². The highest BCUT2D eigenvalue weighted by atomic mass is 79.9. The Balaban J connectivity index is 0.000000164. The van der Waals surface area contributed by atoms with E-state index in [1.54, 1.807) is 29.4 Å². The fourth-order valence-corrected chi connectivity index (χ4v) is 16.4. The number of nitrogens with zero attached hydrogens (tertiary/aromatic N) is 9. The summed E-state index contributed by atoms with van der Waals surface area (Å²) in [7, 11) is 6.16. The van der Waals surface area contributed by atoms with Crippen molar-refractivity contribution in [2.75, 3.05) is 162 Å². The van der Waals surface area contributed by atoms with Gasteiger partial charge in [0, 0.05) is 189 Å². The maximum Gasteiger partial charge on any atom is 0.415 e. The van der Waals surface area contributed by atoms with Gasteiger partial charge in [0.25, 0.3) is 5.91 Å². The zero-order valence-electron chi connectivity index (χ0n) is 60.7. The average Bonchev–Trinajstić information content (AvgIpc) is 1.66. The number of aromatic nitrogens is 1. The van der Waals surface area contributed by atoms with Crippen molar-refractivity contribution in [2.24, 2.45) is 0 Å². The second-order valence-electron chi connectivity index (χ2n) is 29.6. The summed E-state index contributed by atoms with van der Waals surface area (Å²) >= 11 is 10.9. The SMILES string of the molecule is Br.Br.CN1CCN(C(=O)Oc2cc3c(c4ccccc24)[C@H](CBr)CN3)CC1.CN1CCN(C(=O)Oc2cc3c(c4ccccc24)[C@H](CBr)CN3C(=O)OC(C)(C)C)CC1.CN1CCN(C(=O)Oc2cc3c(c4ccccc24)[C@H](CBr)CN3C(=O)c2cc3c4c(ccc3[nH]2)N(C(=O)OC(C)(C)C)CC4)CC1.